The van der Waals surface area contributed by atoms with Gasteiger partial charge in [0.2, 0.25) is 23.5 Å². The summed E-state index contributed by atoms with van der Waals surface area (Å²) < 4.78 is 19.3. The second kappa shape index (κ2) is 45.1. The normalized spacial score (nSPS) is 14.9. The molecule has 4 saturated heterocycles. The minimum atomic E-state index is -0.221. The van der Waals surface area contributed by atoms with Crippen LogP contribution < -0.4 is 51.4 Å². The van der Waals surface area contributed by atoms with Gasteiger partial charge >= 0.3 is 0 Å². The lowest BCUT2D eigenvalue weighted by Crippen LogP contribution is -2.34. The summed E-state index contributed by atoms with van der Waals surface area (Å²) in [7, 11) is 4.59. The van der Waals surface area contributed by atoms with Gasteiger partial charge in [0.25, 0.3) is 0 Å². The number of carbonyl (C=O) groups excluding carboxylic acids is 1. The number of fused-ring (bicyclic) bond motifs is 2. The van der Waals surface area contributed by atoms with Crippen LogP contribution in [0.2, 0.25) is 20.2 Å². The first-order valence-corrected chi connectivity index (χ1v) is 39.2. The molecular weight excluding hydrogens is 1530 g/mol. The van der Waals surface area contributed by atoms with Crippen molar-refractivity contribution in [1.82, 2.24) is 54.0 Å². The van der Waals surface area contributed by atoms with Gasteiger partial charge in [0.15, 0.2) is 5.78 Å². The van der Waals surface area contributed by atoms with Crippen molar-refractivity contribution in [3.63, 3.8) is 0 Å². The first kappa shape index (κ1) is 87.1. The molecule has 0 amide bonds. The van der Waals surface area contributed by atoms with Crippen molar-refractivity contribution >= 4 is 121 Å². The summed E-state index contributed by atoms with van der Waals surface area (Å²) in [5.41, 5.74) is 21.8. The highest BCUT2D eigenvalue weighted by molar-refractivity contribution is 9.09. The number of aromatic nitrogens is 10. The van der Waals surface area contributed by atoms with Crippen LogP contribution in [0.4, 0.5) is 29.4 Å². The molecule has 30 heteroatoms. The van der Waals surface area contributed by atoms with Gasteiger partial charge in [0.1, 0.15) is 39.9 Å². The number of ketones is 1. The number of methoxy groups -OCH3 is 3. The molecule has 0 bridgehead atoms. The van der Waals surface area contributed by atoms with Crippen molar-refractivity contribution in [2.24, 2.45) is 29.4 Å². The average Bonchev–Trinajstić information content (AvgIpc) is 1.66. The van der Waals surface area contributed by atoms with Crippen molar-refractivity contribution in [3.05, 3.63) is 140 Å². The zero-order chi connectivity index (χ0) is 76.1. The van der Waals surface area contributed by atoms with Crippen LogP contribution in [0.15, 0.2) is 97.8 Å². The Morgan fingerprint density at radius 1 is 0.523 bits per heavy atom. The Kier molecular flexibility index (Phi) is 36.7. The van der Waals surface area contributed by atoms with Gasteiger partial charge in [0.05, 0.1) is 72.9 Å². The van der Waals surface area contributed by atoms with E-state index in [1.807, 2.05) is 51.8 Å². The van der Waals surface area contributed by atoms with Gasteiger partial charge in [0, 0.05) is 93.1 Å². The number of nitrogens with two attached hydrogens (primary N) is 3. The lowest BCUT2D eigenvalue weighted by molar-refractivity contribution is 0.102. The molecule has 6 aromatic heterocycles. The molecule has 10 heterocycles. The zero-order valence-corrected chi connectivity index (χ0v) is 67.6. The minimum absolute atomic E-state index is 0. The molecule has 0 atom stereocenters. The van der Waals surface area contributed by atoms with E-state index in [-0.39, 0.29) is 49.3 Å². The van der Waals surface area contributed by atoms with Crippen LogP contribution >= 0.6 is 74.7 Å². The Morgan fingerprint density at radius 3 is 1.27 bits per heavy atom. The van der Waals surface area contributed by atoms with Crippen molar-refractivity contribution in [2.75, 3.05) is 112 Å². The Bertz CT molecular complexity index is 4010. The van der Waals surface area contributed by atoms with Crippen LogP contribution in [-0.2, 0) is 19.8 Å². The molecule has 4 aliphatic rings. The molecule has 4 fully saturated rings. The van der Waals surface area contributed by atoms with E-state index in [1.165, 1.54) is 110 Å². The lowest BCUT2D eigenvalue weighted by atomic mass is 9.92. The number of hydrogen-bond donors (Lipinski definition) is 7. The Hall–Kier alpha value is -7.14. The third-order valence-corrected chi connectivity index (χ3v) is 21.1. The highest BCUT2D eigenvalue weighted by Crippen LogP contribution is 2.37. The predicted molar refractivity (Wildman–Crippen MR) is 438 cm³/mol. The van der Waals surface area contributed by atoms with Gasteiger partial charge in [-0.3, -0.25) is 13.6 Å². The Balaban J connectivity index is 0.000000190. The van der Waals surface area contributed by atoms with Crippen LogP contribution in [0, 0.1) is 23.7 Å². The summed E-state index contributed by atoms with van der Waals surface area (Å²) in [5, 5.41) is 33.9. The van der Waals surface area contributed by atoms with Crippen molar-refractivity contribution < 1.29 is 34.3 Å². The number of imidazole rings is 2. The Labute approximate surface area is 663 Å². The van der Waals surface area contributed by atoms with Crippen molar-refractivity contribution in [3.8, 4) is 39.8 Å². The summed E-state index contributed by atoms with van der Waals surface area (Å²) >= 11 is 27.0. The molecule has 0 radical (unpaired) electrons. The number of Topliss-reactive ketones (excluding diaryl/α,β-unsaturated/α-hetero) is 1. The van der Waals surface area contributed by atoms with Gasteiger partial charge < -0.3 is 66.7 Å². The van der Waals surface area contributed by atoms with E-state index in [1.54, 1.807) is 56.8 Å². The molecular formula is C77H105BrCl5N17O7. The number of nitrogens with one attached hydrogen (secondary N) is 1. The van der Waals surface area contributed by atoms with Gasteiger partial charge in [-0.1, -0.05) is 122 Å². The number of hydrogen-bond acceptors (Lipinski definition) is 22. The van der Waals surface area contributed by atoms with E-state index in [2.05, 4.69) is 81.6 Å². The first-order chi connectivity index (χ1) is 51.4. The minimum Gasteiger partial charge on any atom is -0.495 e. The molecule has 3 aromatic carbocycles. The molecule has 24 nitrogen and oxygen atoms in total. The number of ether oxygens (including phenoxy) is 3. The zero-order valence-electron chi connectivity index (χ0n) is 62.2. The fraction of sp³-hybridized carbons (Fsp3) is 0.494. The number of piperidine rings is 4. The number of carbonyl (C=O) groups is 1. The number of anilines is 5. The summed E-state index contributed by atoms with van der Waals surface area (Å²) in [5.74, 6) is 9.62. The SMILES string of the molecule is CCCC1CCN(c2ccn3cc(-c4cc(Cl)c(OC)cc4CO)nc3n2)CC1.CCCC1CCN(c2ccnc(N)n2)CC1.CCCC1CCNCC1.COc1cc(CO)c(-c2cn3ccc(N4CCC(CCN)CC4)nc3n2)cc1Cl.COc1cc(CO)c(C(=O)CBr)cc1Cl.Cl.Nc1nccc(Cl)n1. The second-order valence-electron chi connectivity index (χ2n) is 26.6. The smallest absolute Gasteiger partial charge is 0.236 e. The molecule has 582 valence electrons. The standard InChI is InChI=1S/C22H27ClN4O2.C21H26ClN5O2.C12H20N4.C10H10BrClO3.C8H17N.C4H4ClN3.ClH/c1-3-4-15-5-8-26(9-6-15)21-7-10-27-13-19(24-22(27)25-21)17-12-18(23)20(29-2)11-16(17)14-28;1-29-19-10-15(13-28)16(11-17(19)22)18-12-27-9-5-20(25-21(27)24-18)26-7-3-14(2-6-23)4-8-26;1-2-3-10-5-8-16(9-6-10)11-4-7-14-12(13)15-11;1-15-10-2-6(5-13)7(3-8(10)12)9(14)4-11;1-2-3-8-4-6-9-7-5-8;5-3-1-2-7-4(6)8-3;/h7,10-13,15,28H,3-6,8-9,14H2,1-2H3;5,9-12,14,28H,2-4,6-8,13,23H2,1H3;4,7,10H,2-3,5-6,8-9H2,1H3,(H2,13,14,15);2-3,13H,4-5H2,1H3;8-9H,2-7H2,1H3;1-2H,(H2,6,7,8);1H. The molecule has 0 unspecified atom stereocenters. The summed E-state index contributed by atoms with van der Waals surface area (Å²) in [6.07, 6.45) is 30.3. The molecule has 0 saturated carbocycles. The maximum Gasteiger partial charge on any atom is 0.236 e. The number of nitrogen functional groups attached to an aromatic ring is 2. The summed E-state index contributed by atoms with van der Waals surface area (Å²) in [6, 6.07) is 17.7. The maximum absolute atomic E-state index is 11.5. The third kappa shape index (κ3) is 25.5. The molecule has 0 aliphatic carbocycles. The lowest BCUT2D eigenvalue weighted by Gasteiger charge is -2.32. The number of alkyl halides is 1. The maximum atomic E-state index is 11.5. The van der Waals surface area contributed by atoms with E-state index < -0.39 is 0 Å². The van der Waals surface area contributed by atoms with E-state index >= 15 is 0 Å². The fourth-order valence-electron chi connectivity index (χ4n) is 13.7. The molecule has 13 rings (SSSR count). The number of halogens is 6. The van der Waals surface area contributed by atoms with Gasteiger partial charge in [-0.25, -0.2) is 24.9 Å². The van der Waals surface area contributed by atoms with Crippen molar-refractivity contribution in [1.29, 1.82) is 0 Å². The summed E-state index contributed by atoms with van der Waals surface area (Å²) in [4.78, 5) is 52.8. The van der Waals surface area contributed by atoms with Crippen molar-refractivity contribution in [2.45, 2.75) is 137 Å². The first-order valence-electron chi connectivity index (χ1n) is 36.6. The highest BCUT2D eigenvalue weighted by Gasteiger charge is 2.25. The second-order valence-corrected chi connectivity index (χ2v) is 28.8. The van der Waals surface area contributed by atoms with Gasteiger partial charge in [-0.05, 0) is 178 Å². The van der Waals surface area contributed by atoms with Crippen LogP contribution in [-0.4, -0.2) is 155 Å². The predicted octanol–water partition coefficient (Wildman–Crippen LogP) is 15.1. The number of aliphatic hydroxyl groups excluding tert-OH is 3. The van der Waals surface area contributed by atoms with Crippen LogP contribution in [0.5, 0.6) is 17.2 Å². The number of benzene rings is 3. The molecule has 9 aromatic rings. The van der Waals surface area contributed by atoms with Crippen LogP contribution in [0.3, 0.4) is 0 Å². The Morgan fingerprint density at radius 2 is 0.907 bits per heavy atom. The van der Waals surface area contributed by atoms with Crippen LogP contribution in [0.25, 0.3) is 34.1 Å². The van der Waals surface area contributed by atoms with E-state index in [9.17, 15) is 15.0 Å². The average molecular weight is 1640 g/mol. The number of nitrogens with zero attached hydrogens (tertiary/aromatic N) is 13. The quantitative estimate of drug-likeness (QED) is 0.0200. The molecule has 0 spiro atoms. The third-order valence-electron chi connectivity index (χ3n) is 19.5. The largest absolute Gasteiger partial charge is 0.495 e. The summed E-state index contributed by atoms with van der Waals surface area (Å²) in [6.45, 7) is 15.9. The van der Waals surface area contributed by atoms with Gasteiger partial charge in [-0.15, -0.1) is 12.4 Å². The number of aliphatic hydroxyl groups is 3. The van der Waals surface area contributed by atoms with E-state index in [4.69, 9.17) is 97.9 Å². The monoisotopic (exact) mass is 1630 g/mol. The number of rotatable bonds is 21. The van der Waals surface area contributed by atoms with Crippen LogP contribution in [0.1, 0.15) is 144 Å². The highest BCUT2D eigenvalue weighted by atomic mass is 79.9. The fourth-order valence-corrected chi connectivity index (χ4v) is 14.8. The van der Waals surface area contributed by atoms with Gasteiger partial charge in [-0.2, -0.15) is 15.0 Å². The topological polar surface area (TPSA) is 317 Å². The molecule has 10 N–H and O–H groups in total. The molecule has 4 aliphatic heterocycles. The molecule has 107 heavy (non-hydrogen) atoms. The van der Waals surface area contributed by atoms with E-state index in [0.29, 0.717) is 82.9 Å². The van der Waals surface area contributed by atoms with E-state index in [0.717, 1.165) is 123 Å².